The molecule has 26 heavy (non-hydrogen) atoms. The quantitative estimate of drug-likeness (QED) is 0.639. The van der Waals surface area contributed by atoms with E-state index in [0.717, 1.165) is 15.8 Å². The number of carbonyl (C=O) groups excluding carboxylic acids is 2. The van der Waals surface area contributed by atoms with Crippen molar-refractivity contribution < 1.29 is 9.59 Å². The maximum atomic E-state index is 12.4. The van der Waals surface area contributed by atoms with Gasteiger partial charge >= 0.3 is 6.03 Å². The highest BCUT2D eigenvalue weighted by Crippen LogP contribution is 2.27. The number of hydrogen-bond acceptors (Lipinski definition) is 4. The Kier molecular flexibility index (Phi) is 5.18. The Hall–Kier alpha value is -2.93. The molecule has 0 saturated heterocycles. The van der Waals surface area contributed by atoms with E-state index in [2.05, 4.69) is 20.9 Å². The molecular formula is C19H20N4O2S. The van der Waals surface area contributed by atoms with Gasteiger partial charge in [0.15, 0.2) is 5.13 Å². The van der Waals surface area contributed by atoms with Crippen molar-refractivity contribution in [2.75, 3.05) is 10.6 Å². The van der Waals surface area contributed by atoms with Crippen LogP contribution in [-0.4, -0.2) is 23.0 Å². The van der Waals surface area contributed by atoms with Crippen LogP contribution in [0.2, 0.25) is 0 Å². The van der Waals surface area contributed by atoms with E-state index in [0.29, 0.717) is 16.4 Å². The Labute approximate surface area is 155 Å². The van der Waals surface area contributed by atoms with Gasteiger partial charge in [0.05, 0.1) is 10.2 Å². The number of benzene rings is 2. The fraction of sp³-hybridized carbons (Fsp3) is 0.211. The van der Waals surface area contributed by atoms with E-state index in [1.807, 2.05) is 39.0 Å². The molecule has 3 amide bonds. The highest BCUT2D eigenvalue weighted by Gasteiger charge is 2.11. The van der Waals surface area contributed by atoms with Crippen LogP contribution in [0.1, 0.15) is 29.8 Å². The molecule has 3 aromatic rings. The molecule has 6 nitrogen and oxygen atoms in total. The number of urea groups is 1. The molecule has 1 heterocycles. The number of aromatic nitrogens is 1. The van der Waals surface area contributed by atoms with Crippen molar-refractivity contribution >= 4 is 44.3 Å². The lowest BCUT2D eigenvalue weighted by Gasteiger charge is -2.10. The molecule has 134 valence electrons. The average Bonchev–Trinajstić information content (AvgIpc) is 2.95. The summed E-state index contributed by atoms with van der Waals surface area (Å²) >= 11 is 1.44. The Balaban J connectivity index is 1.66. The molecule has 0 spiro atoms. The number of amides is 3. The fourth-order valence-electron chi connectivity index (χ4n) is 2.39. The van der Waals surface area contributed by atoms with Crippen molar-refractivity contribution in [3.8, 4) is 0 Å². The molecule has 0 aliphatic heterocycles. The topological polar surface area (TPSA) is 83.1 Å². The maximum Gasteiger partial charge on any atom is 0.319 e. The van der Waals surface area contributed by atoms with Gasteiger partial charge in [0.2, 0.25) is 0 Å². The molecule has 1 aromatic heterocycles. The molecule has 0 saturated carbocycles. The highest BCUT2D eigenvalue weighted by atomic mass is 32.1. The van der Waals surface area contributed by atoms with Crippen LogP contribution in [0.15, 0.2) is 42.5 Å². The summed E-state index contributed by atoms with van der Waals surface area (Å²) in [5.74, 6) is -0.237. The monoisotopic (exact) mass is 368 g/mol. The number of nitrogens with zero attached hydrogens (tertiary/aromatic N) is 1. The van der Waals surface area contributed by atoms with Crippen LogP contribution < -0.4 is 16.0 Å². The summed E-state index contributed by atoms with van der Waals surface area (Å²) in [6.45, 7) is 5.79. The molecule has 0 aliphatic rings. The van der Waals surface area contributed by atoms with Crippen LogP contribution >= 0.6 is 11.3 Å². The van der Waals surface area contributed by atoms with Crippen molar-refractivity contribution in [1.82, 2.24) is 10.3 Å². The summed E-state index contributed by atoms with van der Waals surface area (Å²) in [7, 11) is 0. The smallest absolute Gasteiger partial charge is 0.319 e. The first kappa shape index (κ1) is 17.9. The Bertz CT molecular complexity index is 948. The molecule has 7 heteroatoms. The number of aryl methyl sites for hydroxylation is 1. The van der Waals surface area contributed by atoms with Crippen LogP contribution in [0, 0.1) is 6.92 Å². The predicted octanol–water partition coefficient (Wildman–Crippen LogP) is 4.39. The van der Waals surface area contributed by atoms with Gasteiger partial charge < -0.3 is 10.6 Å². The van der Waals surface area contributed by atoms with Gasteiger partial charge in [0.25, 0.3) is 5.91 Å². The maximum absolute atomic E-state index is 12.4. The number of nitrogens with one attached hydrogen (secondary N) is 3. The standard InChI is InChI=1S/C19H20N4O2S/c1-11(2)20-18(25)21-14-7-5-13(6-8-14)17(24)23-19-22-15-9-4-12(3)10-16(15)26-19/h4-11H,1-3H3,(H2,20,21,25)(H,22,23,24). The fourth-order valence-corrected chi connectivity index (χ4v) is 3.35. The minimum Gasteiger partial charge on any atom is -0.336 e. The molecule has 0 bridgehead atoms. The zero-order valence-corrected chi connectivity index (χ0v) is 15.6. The van der Waals surface area contributed by atoms with Crippen molar-refractivity contribution in [2.45, 2.75) is 26.8 Å². The number of fused-ring (bicyclic) bond motifs is 1. The second-order valence-corrected chi connectivity index (χ2v) is 7.31. The van der Waals surface area contributed by atoms with E-state index in [4.69, 9.17) is 0 Å². The lowest BCUT2D eigenvalue weighted by Crippen LogP contribution is -2.34. The third kappa shape index (κ3) is 4.37. The Morgan fingerprint density at radius 3 is 2.46 bits per heavy atom. The summed E-state index contributed by atoms with van der Waals surface area (Å²) in [5.41, 5.74) is 3.14. The van der Waals surface area contributed by atoms with E-state index in [9.17, 15) is 9.59 Å². The first-order valence-electron chi connectivity index (χ1n) is 8.27. The summed E-state index contributed by atoms with van der Waals surface area (Å²) < 4.78 is 1.04. The Morgan fingerprint density at radius 2 is 1.77 bits per heavy atom. The van der Waals surface area contributed by atoms with Gasteiger partial charge in [-0.25, -0.2) is 9.78 Å². The first-order chi connectivity index (χ1) is 12.4. The largest absolute Gasteiger partial charge is 0.336 e. The van der Waals surface area contributed by atoms with E-state index < -0.39 is 0 Å². The van der Waals surface area contributed by atoms with Crippen LogP contribution in [0.3, 0.4) is 0 Å². The minimum atomic E-state index is -0.276. The van der Waals surface area contributed by atoms with Gasteiger partial charge in [-0.1, -0.05) is 17.4 Å². The summed E-state index contributed by atoms with van der Waals surface area (Å²) in [5, 5.41) is 8.85. The third-order valence-corrected chi connectivity index (χ3v) is 4.52. The second kappa shape index (κ2) is 7.53. The highest BCUT2D eigenvalue weighted by molar-refractivity contribution is 7.22. The predicted molar refractivity (Wildman–Crippen MR) is 106 cm³/mol. The van der Waals surface area contributed by atoms with Crippen LogP contribution in [0.25, 0.3) is 10.2 Å². The number of rotatable bonds is 4. The average molecular weight is 368 g/mol. The molecule has 3 N–H and O–H groups in total. The van der Waals surface area contributed by atoms with Gasteiger partial charge in [0, 0.05) is 17.3 Å². The second-order valence-electron chi connectivity index (χ2n) is 6.27. The van der Waals surface area contributed by atoms with Crippen molar-refractivity contribution in [2.24, 2.45) is 0 Å². The van der Waals surface area contributed by atoms with Crippen LogP contribution in [0.5, 0.6) is 0 Å². The summed E-state index contributed by atoms with van der Waals surface area (Å²) in [6, 6.07) is 12.5. The van der Waals surface area contributed by atoms with Gasteiger partial charge in [-0.15, -0.1) is 0 Å². The van der Waals surface area contributed by atoms with Gasteiger partial charge in [-0.05, 0) is 62.7 Å². The van der Waals surface area contributed by atoms with E-state index in [1.54, 1.807) is 24.3 Å². The van der Waals surface area contributed by atoms with E-state index >= 15 is 0 Å². The number of anilines is 2. The van der Waals surface area contributed by atoms with Gasteiger partial charge in [0.1, 0.15) is 0 Å². The SMILES string of the molecule is Cc1ccc2nc(NC(=O)c3ccc(NC(=O)NC(C)C)cc3)sc2c1. The molecule has 0 atom stereocenters. The number of carbonyl (C=O) groups is 2. The summed E-state index contributed by atoms with van der Waals surface area (Å²) in [6.07, 6.45) is 0. The first-order valence-corrected chi connectivity index (χ1v) is 9.08. The van der Waals surface area contributed by atoms with E-state index in [1.165, 1.54) is 11.3 Å². The van der Waals surface area contributed by atoms with Crippen molar-refractivity contribution in [1.29, 1.82) is 0 Å². The third-order valence-electron chi connectivity index (χ3n) is 3.59. The zero-order chi connectivity index (χ0) is 18.7. The van der Waals surface area contributed by atoms with E-state index in [-0.39, 0.29) is 18.0 Å². The Morgan fingerprint density at radius 1 is 1.04 bits per heavy atom. The molecule has 0 aliphatic carbocycles. The molecule has 0 fully saturated rings. The summed E-state index contributed by atoms with van der Waals surface area (Å²) in [4.78, 5) is 28.5. The molecule has 2 aromatic carbocycles. The lowest BCUT2D eigenvalue weighted by atomic mass is 10.2. The van der Waals surface area contributed by atoms with Crippen molar-refractivity contribution in [3.63, 3.8) is 0 Å². The molecule has 0 unspecified atom stereocenters. The molecule has 0 radical (unpaired) electrons. The molecular weight excluding hydrogens is 348 g/mol. The van der Waals surface area contributed by atoms with Crippen LogP contribution in [0.4, 0.5) is 15.6 Å². The molecule has 3 rings (SSSR count). The zero-order valence-electron chi connectivity index (χ0n) is 14.8. The lowest BCUT2D eigenvalue weighted by molar-refractivity contribution is 0.102. The number of hydrogen-bond donors (Lipinski definition) is 3. The van der Waals surface area contributed by atoms with Crippen LogP contribution in [-0.2, 0) is 0 Å². The van der Waals surface area contributed by atoms with Crippen molar-refractivity contribution in [3.05, 3.63) is 53.6 Å². The van der Waals surface area contributed by atoms with Gasteiger partial charge in [-0.3, -0.25) is 10.1 Å². The van der Waals surface area contributed by atoms with Gasteiger partial charge in [-0.2, -0.15) is 0 Å². The number of thiazole rings is 1. The normalized spacial score (nSPS) is 10.8. The minimum absolute atomic E-state index is 0.0534.